The first-order valence-electron chi connectivity index (χ1n) is 7.20. The van der Waals surface area contributed by atoms with Gasteiger partial charge in [0.1, 0.15) is 24.9 Å². The molecule has 0 spiro atoms. The van der Waals surface area contributed by atoms with Gasteiger partial charge in [0.05, 0.1) is 19.1 Å². The zero-order valence-electron chi connectivity index (χ0n) is 12.8. The molecular weight excluding hydrogens is 357 g/mol. The van der Waals surface area contributed by atoms with E-state index >= 15 is 0 Å². The minimum atomic E-state index is -2.76. The van der Waals surface area contributed by atoms with E-state index in [1.54, 1.807) is 0 Å². The van der Waals surface area contributed by atoms with Crippen LogP contribution >= 0.6 is 7.95 Å². The number of ether oxygens (including phenoxy) is 2. The smallest absolute Gasteiger partial charge is 0.329 e. The Morgan fingerprint density at radius 2 is 2.28 bits per heavy atom. The Kier molecular flexibility index (Phi) is 4.71. The van der Waals surface area contributed by atoms with Crippen molar-refractivity contribution in [1.29, 1.82) is 0 Å². The molecular formula is C12H16N5O7P. The van der Waals surface area contributed by atoms with Gasteiger partial charge in [0.2, 0.25) is 0 Å². The van der Waals surface area contributed by atoms with Crippen LogP contribution in [0.4, 0.5) is 5.82 Å². The number of esters is 1. The van der Waals surface area contributed by atoms with Crippen LogP contribution in [0.2, 0.25) is 0 Å². The Hall–Kier alpha value is -2.11. The standard InChI is InChI=1S/C12H16N5O7P/c13-10-9-11(15-4-14-10)17(5-16-9)25(22)3-8(20)24-12(21)1-6(19)7(2-18)23-12/h4-7,18-19,21,25H,1-3H2,(H2,13,14,15)/t6-,7+,12-/m0/s1. The van der Waals surface area contributed by atoms with Crippen LogP contribution in [-0.2, 0) is 18.8 Å². The molecule has 136 valence electrons. The summed E-state index contributed by atoms with van der Waals surface area (Å²) in [6, 6.07) is 0. The summed E-state index contributed by atoms with van der Waals surface area (Å²) in [6.07, 6.45) is -0.871. The number of aromatic nitrogens is 4. The van der Waals surface area contributed by atoms with Gasteiger partial charge in [0.15, 0.2) is 24.9 Å². The molecule has 3 heterocycles. The van der Waals surface area contributed by atoms with Crippen LogP contribution in [0, 0.1) is 0 Å². The SMILES string of the molecule is Nc1ncnc2c1ncn2[PH](=O)CC(=O)O[C@]1(O)C[C@H](O)[C@@H](CO)O1. The van der Waals surface area contributed by atoms with Crippen molar-refractivity contribution in [3.05, 3.63) is 12.7 Å². The Balaban J connectivity index is 1.69. The van der Waals surface area contributed by atoms with Gasteiger partial charge in [-0.2, -0.15) is 0 Å². The number of carbonyl (C=O) groups is 1. The number of nitrogens with zero attached hydrogens (tertiary/aromatic N) is 4. The maximum Gasteiger partial charge on any atom is 0.329 e. The third-order valence-corrected chi connectivity index (χ3v) is 5.07. The minimum absolute atomic E-state index is 0.110. The molecule has 0 bridgehead atoms. The lowest BCUT2D eigenvalue weighted by molar-refractivity contribution is -0.332. The number of aliphatic hydroxyl groups excluding tert-OH is 2. The summed E-state index contributed by atoms with van der Waals surface area (Å²) in [7, 11) is -2.76. The largest absolute Gasteiger partial charge is 0.407 e. The number of hydrogen-bond acceptors (Lipinski definition) is 11. The van der Waals surface area contributed by atoms with Crippen LogP contribution in [0.15, 0.2) is 12.7 Å². The van der Waals surface area contributed by atoms with Gasteiger partial charge in [-0.15, -0.1) is 0 Å². The summed E-state index contributed by atoms with van der Waals surface area (Å²) in [4.78, 5) is 23.6. The van der Waals surface area contributed by atoms with Crippen molar-refractivity contribution in [3.8, 4) is 0 Å². The van der Waals surface area contributed by atoms with Crippen LogP contribution in [-0.4, -0.2) is 71.5 Å². The number of anilines is 1. The molecule has 0 aromatic carbocycles. The predicted molar refractivity (Wildman–Crippen MR) is 82.6 cm³/mol. The summed E-state index contributed by atoms with van der Waals surface area (Å²) in [5.41, 5.74) is 6.09. The number of hydrogen-bond donors (Lipinski definition) is 4. The molecule has 2 aromatic rings. The number of fused-ring (bicyclic) bond motifs is 1. The number of nitrogens with two attached hydrogens (primary N) is 1. The summed E-state index contributed by atoms with van der Waals surface area (Å²) in [6.45, 7) is -0.556. The third kappa shape index (κ3) is 3.48. The monoisotopic (exact) mass is 373 g/mol. The second-order valence-electron chi connectivity index (χ2n) is 5.41. The van der Waals surface area contributed by atoms with Crippen molar-refractivity contribution in [2.45, 2.75) is 24.6 Å². The molecule has 1 unspecified atom stereocenters. The molecule has 0 saturated carbocycles. The maximum atomic E-state index is 12.4. The molecule has 1 fully saturated rings. The van der Waals surface area contributed by atoms with E-state index in [2.05, 4.69) is 15.0 Å². The average Bonchev–Trinajstić information content (AvgIpc) is 3.08. The van der Waals surface area contributed by atoms with E-state index in [1.165, 1.54) is 17.0 Å². The van der Waals surface area contributed by atoms with Crippen molar-refractivity contribution in [2.24, 2.45) is 0 Å². The number of carbonyl (C=O) groups excluding carboxylic acids is 1. The predicted octanol–water partition coefficient (Wildman–Crippen LogP) is -1.94. The first-order valence-corrected chi connectivity index (χ1v) is 8.77. The first kappa shape index (κ1) is 17.7. The van der Waals surface area contributed by atoms with Crippen LogP contribution in [0.3, 0.4) is 0 Å². The van der Waals surface area contributed by atoms with Gasteiger partial charge in [-0.05, 0) is 0 Å². The Labute approximate surface area is 141 Å². The Bertz CT molecular complexity index is 829. The van der Waals surface area contributed by atoms with Crippen molar-refractivity contribution in [3.63, 3.8) is 0 Å². The number of nitrogen functional groups attached to an aromatic ring is 1. The summed E-state index contributed by atoms with van der Waals surface area (Å²) in [5, 5.41) is 28.6. The van der Waals surface area contributed by atoms with E-state index in [0.29, 0.717) is 0 Å². The lowest BCUT2D eigenvalue weighted by atomic mass is 10.2. The van der Waals surface area contributed by atoms with E-state index in [1.807, 2.05) is 0 Å². The highest BCUT2D eigenvalue weighted by Crippen LogP contribution is 2.32. The van der Waals surface area contributed by atoms with Crippen molar-refractivity contribution < 1.29 is 34.2 Å². The second kappa shape index (κ2) is 6.65. The summed E-state index contributed by atoms with van der Waals surface area (Å²) in [5.74, 6) is -3.28. The number of rotatable bonds is 5. The van der Waals surface area contributed by atoms with E-state index in [-0.39, 0.29) is 17.0 Å². The maximum absolute atomic E-state index is 12.4. The average molecular weight is 373 g/mol. The molecule has 13 heteroatoms. The molecule has 1 aliphatic heterocycles. The lowest BCUT2D eigenvalue weighted by Crippen LogP contribution is -2.36. The molecule has 1 aliphatic rings. The van der Waals surface area contributed by atoms with Gasteiger partial charge >= 0.3 is 11.9 Å². The minimum Gasteiger partial charge on any atom is -0.407 e. The van der Waals surface area contributed by atoms with Crippen LogP contribution in [0.5, 0.6) is 0 Å². The fraction of sp³-hybridized carbons (Fsp3) is 0.500. The molecule has 3 rings (SSSR count). The molecule has 1 saturated heterocycles. The molecule has 12 nitrogen and oxygen atoms in total. The Morgan fingerprint density at radius 3 is 2.96 bits per heavy atom. The third-order valence-electron chi connectivity index (χ3n) is 3.61. The van der Waals surface area contributed by atoms with E-state index < -0.39 is 51.3 Å². The van der Waals surface area contributed by atoms with Crippen LogP contribution in [0.25, 0.3) is 11.2 Å². The molecule has 4 atom stereocenters. The van der Waals surface area contributed by atoms with Crippen molar-refractivity contribution in [1.82, 2.24) is 19.3 Å². The number of imidazole rings is 1. The van der Waals surface area contributed by atoms with Crippen molar-refractivity contribution >= 4 is 30.9 Å². The molecule has 0 aliphatic carbocycles. The lowest BCUT2D eigenvalue weighted by Gasteiger charge is -2.22. The summed E-state index contributed by atoms with van der Waals surface area (Å²) < 4.78 is 23.3. The van der Waals surface area contributed by atoms with Gasteiger partial charge < -0.3 is 35.1 Å². The van der Waals surface area contributed by atoms with Gasteiger partial charge in [-0.1, -0.05) is 0 Å². The van der Waals surface area contributed by atoms with Gasteiger partial charge in [-0.25, -0.2) is 15.0 Å². The zero-order valence-corrected chi connectivity index (χ0v) is 13.8. The Morgan fingerprint density at radius 1 is 1.52 bits per heavy atom. The molecule has 0 amide bonds. The topological polar surface area (TPSA) is 183 Å². The van der Waals surface area contributed by atoms with E-state index in [4.69, 9.17) is 20.3 Å². The fourth-order valence-corrected chi connectivity index (χ4v) is 3.52. The van der Waals surface area contributed by atoms with Gasteiger partial charge in [0, 0.05) is 0 Å². The zero-order chi connectivity index (χ0) is 18.2. The molecule has 25 heavy (non-hydrogen) atoms. The van der Waals surface area contributed by atoms with Crippen LogP contribution < -0.4 is 5.73 Å². The highest BCUT2D eigenvalue weighted by Gasteiger charge is 2.48. The number of aliphatic hydroxyl groups is 3. The highest BCUT2D eigenvalue weighted by molar-refractivity contribution is 7.44. The first-order chi connectivity index (χ1) is 11.8. The molecule has 5 N–H and O–H groups in total. The van der Waals surface area contributed by atoms with Crippen molar-refractivity contribution in [2.75, 3.05) is 18.5 Å². The summed E-state index contributed by atoms with van der Waals surface area (Å²) >= 11 is 0. The van der Waals surface area contributed by atoms with Gasteiger partial charge in [-0.3, -0.25) is 9.13 Å². The van der Waals surface area contributed by atoms with Crippen LogP contribution in [0.1, 0.15) is 6.42 Å². The van der Waals surface area contributed by atoms with E-state index in [9.17, 15) is 19.6 Å². The quantitative estimate of drug-likeness (QED) is 0.260. The highest BCUT2D eigenvalue weighted by atomic mass is 31.1. The second-order valence-corrected chi connectivity index (χ2v) is 7.04. The molecule has 0 radical (unpaired) electrons. The van der Waals surface area contributed by atoms with E-state index in [0.717, 1.165) is 0 Å². The van der Waals surface area contributed by atoms with Gasteiger partial charge in [0.25, 0.3) is 0 Å². The normalized spacial score (nSPS) is 27.5. The molecule has 2 aromatic heterocycles. The fourth-order valence-electron chi connectivity index (χ4n) is 2.44.